The lowest BCUT2D eigenvalue weighted by atomic mass is 10.1. The van der Waals surface area contributed by atoms with Gasteiger partial charge in [-0.1, -0.05) is 41.9 Å². The molecule has 3 aromatic carbocycles. The van der Waals surface area contributed by atoms with Gasteiger partial charge in [-0.25, -0.2) is 4.98 Å². The van der Waals surface area contributed by atoms with Crippen LogP contribution in [0.1, 0.15) is 5.56 Å². The van der Waals surface area contributed by atoms with Crippen LogP contribution in [0, 0.1) is 0 Å². The first kappa shape index (κ1) is 18.6. The number of rotatable bonds is 5. The Hall–Kier alpha value is -2.73. The summed E-state index contributed by atoms with van der Waals surface area (Å²) in [7, 11) is 0. The van der Waals surface area contributed by atoms with Crippen LogP contribution in [-0.4, -0.2) is 13.7 Å². The van der Waals surface area contributed by atoms with E-state index < -0.39 is 11.1 Å². The van der Waals surface area contributed by atoms with Crippen LogP contribution < -0.4 is 4.74 Å². The summed E-state index contributed by atoms with van der Waals surface area (Å²) < 4.78 is 28.1. The van der Waals surface area contributed by atoms with Crippen molar-refractivity contribution in [3.05, 3.63) is 89.4 Å². The molecule has 0 radical (unpaired) electrons. The topological polar surface area (TPSA) is 62.2 Å². The van der Waals surface area contributed by atoms with Crippen molar-refractivity contribution in [2.75, 3.05) is 0 Å². The van der Waals surface area contributed by atoms with E-state index >= 15 is 0 Å². The molecular weight excluding hydrogens is 394 g/mol. The largest absolute Gasteiger partial charge is 0.768 e. The molecule has 0 aliphatic rings. The van der Waals surface area contributed by atoms with Crippen LogP contribution in [0.4, 0.5) is 0 Å². The molecule has 0 aliphatic heterocycles. The maximum Gasteiger partial charge on any atom is 0.119 e. The number of benzene rings is 3. The molecule has 6 heteroatoms. The second-order valence-corrected chi connectivity index (χ2v) is 7.55. The van der Waals surface area contributed by atoms with Gasteiger partial charge in [0.15, 0.2) is 0 Å². The molecule has 1 aromatic heterocycles. The van der Waals surface area contributed by atoms with Gasteiger partial charge in [-0.15, -0.1) is 0 Å². The smallest absolute Gasteiger partial charge is 0.119 e. The van der Waals surface area contributed by atoms with Crippen LogP contribution in [0.15, 0.2) is 83.8 Å². The van der Waals surface area contributed by atoms with Gasteiger partial charge in [0.1, 0.15) is 12.4 Å². The van der Waals surface area contributed by atoms with E-state index in [2.05, 4.69) is 4.98 Å². The van der Waals surface area contributed by atoms with Gasteiger partial charge in [0.05, 0.1) is 16.2 Å². The Balaban J connectivity index is 1.57. The molecule has 0 bridgehead atoms. The molecule has 140 valence electrons. The third-order valence-electron chi connectivity index (χ3n) is 4.32. The molecule has 1 heterocycles. The Kier molecular flexibility index (Phi) is 5.39. The molecule has 0 spiro atoms. The van der Waals surface area contributed by atoms with Gasteiger partial charge in [0.2, 0.25) is 0 Å². The molecule has 0 saturated carbocycles. The third-order valence-corrected chi connectivity index (χ3v) is 5.27. The molecule has 0 amide bonds. The summed E-state index contributed by atoms with van der Waals surface area (Å²) in [6.45, 7) is 0.504. The van der Waals surface area contributed by atoms with Crippen molar-refractivity contribution < 1.29 is 13.5 Å². The summed E-state index contributed by atoms with van der Waals surface area (Å²) in [5, 5.41) is 1.06. The van der Waals surface area contributed by atoms with Gasteiger partial charge < -0.3 is 9.29 Å². The first-order valence-corrected chi connectivity index (χ1v) is 10.0. The molecule has 0 aliphatic carbocycles. The molecule has 28 heavy (non-hydrogen) atoms. The van der Waals surface area contributed by atoms with Crippen molar-refractivity contribution in [2.24, 2.45) is 0 Å². The zero-order valence-electron chi connectivity index (χ0n) is 14.7. The maximum atomic E-state index is 11.1. The molecule has 0 fully saturated rings. The quantitative estimate of drug-likeness (QED) is 0.416. The predicted molar refractivity (Wildman–Crippen MR) is 110 cm³/mol. The van der Waals surface area contributed by atoms with Crippen LogP contribution >= 0.6 is 11.6 Å². The van der Waals surface area contributed by atoms with E-state index in [1.165, 1.54) is 12.1 Å². The third kappa shape index (κ3) is 4.07. The van der Waals surface area contributed by atoms with Gasteiger partial charge in [-0.3, -0.25) is 4.21 Å². The molecule has 4 rings (SSSR count). The zero-order valence-corrected chi connectivity index (χ0v) is 16.2. The van der Waals surface area contributed by atoms with Gasteiger partial charge in [0.25, 0.3) is 0 Å². The van der Waals surface area contributed by atoms with Crippen LogP contribution in [0.25, 0.3) is 22.2 Å². The minimum Gasteiger partial charge on any atom is -0.768 e. The number of fused-ring (bicyclic) bond motifs is 1. The van der Waals surface area contributed by atoms with Crippen LogP contribution in [0.3, 0.4) is 0 Å². The second-order valence-electron chi connectivity index (χ2n) is 6.20. The molecule has 1 atom stereocenters. The Bertz CT molecular complexity index is 1150. The van der Waals surface area contributed by atoms with Crippen molar-refractivity contribution >= 4 is 33.6 Å². The molecule has 1 unspecified atom stereocenters. The highest BCUT2D eigenvalue weighted by molar-refractivity contribution is 7.79. The first-order valence-electron chi connectivity index (χ1n) is 8.57. The minimum atomic E-state index is -2.30. The van der Waals surface area contributed by atoms with E-state index in [0.717, 1.165) is 16.9 Å². The van der Waals surface area contributed by atoms with Crippen molar-refractivity contribution in [1.29, 1.82) is 0 Å². The molecular formula is C22H15ClNO3S-. The summed E-state index contributed by atoms with van der Waals surface area (Å²) in [5.74, 6) is 0.766. The summed E-state index contributed by atoms with van der Waals surface area (Å²) in [5.41, 5.74) is 3.35. The lowest BCUT2D eigenvalue weighted by Crippen LogP contribution is -1.95. The fourth-order valence-electron chi connectivity index (χ4n) is 2.88. The van der Waals surface area contributed by atoms with Crippen molar-refractivity contribution in [3.8, 4) is 17.0 Å². The predicted octanol–water partition coefficient (Wildman–Crippen LogP) is 5.37. The van der Waals surface area contributed by atoms with Crippen molar-refractivity contribution in [3.63, 3.8) is 0 Å². The van der Waals surface area contributed by atoms with Gasteiger partial charge in [-0.05, 0) is 65.2 Å². The number of aromatic nitrogens is 1. The normalized spacial score (nSPS) is 12.1. The lowest BCUT2D eigenvalue weighted by molar-refractivity contribution is 0.306. The van der Waals surface area contributed by atoms with E-state index in [1.54, 1.807) is 12.1 Å². The highest BCUT2D eigenvalue weighted by atomic mass is 35.5. The van der Waals surface area contributed by atoms with Crippen LogP contribution in [0.2, 0.25) is 5.02 Å². The number of ether oxygens (including phenoxy) is 1. The van der Waals surface area contributed by atoms with E-state index in [9.17, 15) is 8.76 Å². The average Bonchev–Trinajstić information content (AvgIpc) is 2.73. The standard InChI is InChI=1S/C22H16ClNO3S/c23-20-13-22(24-21-11-10-18(28(25)26)12-19(20)21)16-6-8-17(9-7-16)27-14-15-4-2-1-3-5-15/h1-13H,14H2,(H,25,26)/p-1. The van der Waals surface area contributed by atoms with E-state index in [1.807, 2.05) is 54.6 Å². The number of pyridine rings is 1. The van der Waals surface area contributed by atoms with Gasteiger partial charge in [0, 0.05) is 15.8 Å². The van der Waals surface area contributed by atoms with Crippen molar-refractivity contribution in [1.82, 2.24) is 4.98 Å². The lowest BCUT2D eigenvalue weighted by Gasteiger charge is -2.10. The Morgan fingerprint density at radius 3 is 2.43 bits per heavy atom. The van der Waals surface area contributed by atoms with Gasteiger partial charge in [-0.2, -0.15) is 0 Å². The Morgan fingerprint density at radius 2 is 1.71 bits per heavy atom. The minimum absolute atomic E-state index is 0.184. The number of nitrogens with zero attached hydrogens (tertiary/aromatic N) is 1. The zero-order chi connectivity index (χ0) is 19.5. The molecule has 4 aromatic rings. The fraction of sp³-hybridized carbons (Fsp3) is 0.0455. The van der Waals surface area contributed by atoms with E-state index in [4.69, 9.17) is 16.3 Å². The molecule has 0 N–H and O–H groups in total. The van der Waals surface area contributed by atoms with Crippen LogP contribution in [0.5, 0.6) is 5.75 Å². The molecule has 4 nitrogen and oxygen atoms in total. The second kappa shape index (κ2) is 8.10. The average molecular weight is 409 g/mol. The Labute approximate surface area is 170 Å². The summed E-state index contributed by atoms with van der Waals surface area (Å²) >= 11 is 4.07. The highest BCUT2D eigenvalue weighted by Gasteiger charge is 2.08. The monoisotopic (exact) mass is 408 g/mol. The Morgan fingerprint density at radius 1 is 0.964 bits per heavy atom. The van der Waals surface area contributed by atoms with Crippen LogP contribution in [-0.2, 0) is 17.7 Å². The van der Waals surface area contributed by atoms with E-state index in [-0.39, 0.29) is 4.90 Å². The first-order chi connectivity index (χ1) is 13.6. The van der Waals surface area contributed by atoms with E-state index in [0.29, 0.717) is 28.2 Å². The summed E-state index contributed by atoms with van der Waals surface area (Å²) in [6, 6.07) is 24.0. The number of halogens is 1. The molecule has 0 saturated heterocycles. The summed E-state index contributed by atoms with van der Waals surface area (Å²) in [4.78, 5) is 4.79. The maximum absolute atomic E-state index is 11.1. The van der Waals surface area contributed by atoms with Crippen molar-refractivity contribution in [2.45, 2.75) is 11.5 Å². The number of hydrogen-bond donors (Lipinski definition) is 0. The van der Waals surface area contributed by atoms with Gasteiger partial charge >= 0.3 is 0 Å². The summed E-state index contributed by atoms with van der Waals surface area (Å²) in [6.07, 6.45) is 0. The number of hydrogen-bond acceptors (Lipinski definition) is 4. The SMILES string of the molecule is O=S([O-])c1ccc2nc(-c3ccc(OCc4ccccc4)cc3)cc(Cl)c2c1. The fourth-order valence-corrected chi connectivity index (χ4v) is 3.53. The highest BCUT2D eigenvalue weighted by Crippen LogP contribution is 2.30.